The van der Waals surface area contributed by atoms with Crippen molar-refractivity contribution in [1.29, 1.82) is 0 Å². The summed E-state index contributed by atoms with van der Waals surface area (Å²) in [5.41, 5.74) is -0.561. The van der Waals surface area contributed by atoms with Crippen LogP contribution < -0.4 is 5.32 Å². The Hall–Kier alpha value is -0.330. The van der Waals surface area contributed by atoms with Crippen LogP contribution in [0.25, 0.3) is 0 Å². The number of anilines is 1. The minimum atomic E-state index is -0.561. The van der Waals surface area contributed by atoms with Crippen LogP contribution in [0.15, 0.2) is 0 Å². The highest BCUT2D eigenvalue weighted by atomic mass is 32.2. The second-order valence-electron chi connectivity index (χ2n) is 4.49. The molecule has 1 unspecified atom stereocenters. The second-order valence-corrected chi connectivity index (χ2v) is 6.35. The highest BCUT2D eigenvalue weighted by Gasteiger charge is 2.31. The van der Waals surface area contributed by atoms with Crippen LogP contribution >= 0.6 is 23.3 Å². The van der Waals surface area contributed by atoms with Crippen LogP contribution in [0.4, 0.5) is 5.13 Å². The van der Waals surface area contributed by atoms with E-state index in [1.165, 1.54) is 11.5 Å². The fourth-order valence-electron chi connectivity index (χ4n) is 1.52. The molecular weight excluding hydrogens is 242 g/mol. The Morgan fingerprint density at radius 2 is 2.38 bits per heavy atom. The van der Waals surface area contributed by atoms with Gasteiger partial charge in [-0.15, -0.1) is 0 Å². The van der Waals surface area contributed by atoms with Crippen LogP contribution in [0.2, 0.25) is 0 Å². The molecule has 1 aromatic heterocycles. The summed E-state index contributed by atoms with van der Waals surface area (Å²) in [6.07, 6.45) is 0.862. The Balaban J connectivity index is 1.89. The molecule has 6 heteroatoms. The number of aromatic nitrogens is 2. The van der Waals surface area contributed by atoms with E-state index in [0.29, 0.717) is 12.5 Å². The van der Waals surface area contributed by atoms with Crippen LogP contribution in [-0.2, 0) is 0 Å². The molecule has 1 aliphatic rings. The number of aliphatic hydroxyl groups is 1. The Morgan fingerprint density at radius 1 is 1.56 bits per heavy atom. The first-order valence-electron chi connectivity index (χ1n) is 5.47. The van der Waals surface area contributed by atoms with Crippen molar-refractivity contribution in [1.82, 2.24) is 9.36 Å². The zero-order valence-electron chi connectivity index (χ0n) is 9.56. The average molecular weight is 259 g/mol. The molecule has 1 atom stereocenters. The van der Waals surface area contributed by atoms with E-state index < -0.39 is 5.60 Å². The molecular formula is C10H17N3OS2. The molecule has 1 aliphatic heterocycles. The first-order chi connectivity index (χ1) is 7.59. The molecule has 1 aromatic rings. The molecule has 2 N–H and O–H groups in total. The summed E-state index contributed by atoms with van der Waals surface area (Å²) in [5.74, 6) is 3.10. The largest absolute Gasteiger partial charge is 0.387 e. The van der Waals surface area contributed by atoms with Gasteiger partial charge in [0.05, 0.1) is 5.60 Å². The van der Waals surface area contributed by atoms with E-state index in [-0.39, 0.29) is 0 Å². The zero-order valence-corrected chi connectivity index (χ0v) is 11.2. The van der Waals surface area contributed by atoms with Crippen molar-refractivity contribution >= 4 is 28.4 Å². The predicted octanol–water partition coefficient (Wildman–Crippen LogP) is 1.94. The molecule has 0 spiro atoms. The third-order valence-electron chi connectivity index (χ3n) is 2.61. The van der Waals surface area contributed by atoms with Gasteiger partial charge in [0.15, 0.2) is 0 Å². The normalized spacial score (nSPS) is 25.2. The molecule has 0 saturated carbocycles. The lowest BCUT2D eigenvalue weighted by Crippen LogP contribution is -2.36. The maximum Gasteiger partial charge on any atom is 0.202 e. The second kappa shape index (κ2) is 4.89. The Morgan fingerprint density at radius 3 is 2.94 bits per heavy atom. The van der Waals surface area contributed by atoms with Gasteiger partial charge in [-0.2, -0.15) is 16.1 Å². The van der Waals surface area contributed by atoms with Crippen molar-refractivity contribution in [3.8, 4) is 0 Å². The molecule has 90 valence electrons. The average Bonchev–Trinajstić information content (AvgIpc) is 2.84. The van der Waals surface area contributed by atoms with Crippen LogP contribution in [0.1, 0.15) is 32.0 Å². The van der Waals surface area contributed by atoms with Crippen LogP contribution in [0.3, 0.4) is 0 Å². The van der Waals surface area contributed by atoms with E-state index >= 15 is 0 Å². The number of hydrogen-bond donors (Lipinski definition) is 2. The van der Waals surface area contributed by atoms with Crippen LogP contribution in [0, 0.1) is 0 Å². The fraction of sp³-hybridized carbons (Fsp3) is 0.800. The van der Waals surface area contributed by atoms with Crippen molar-refractivity contribution < 1.29 is 5.11 Å². The number of hydrogen-bond acceptors (Lipinski definition) is 6. The highest BCUT2D eigenvalue weighted by Crippen LogP contribution is 2.28. The van der Waals surface area contributed by atoms with E-state index in [9.17, 15) is 5.11 Å². The number of rotatable bonds is 4. The van der Waals surface area contributed by atoms with Gasteiger partial charge in [-0.3, -0.25) is 0 Å². The third-order valence-corrected chi connectivity index (χ3v) is 4.53. The summed E-state index contributed by atoms with van der Waals surface area (Å²) >= 11 is 3.17. The highest BCUT2D eigenvalue weighted by molar-refractivity contribution is 7.99. The summed E-state index contributed by atoms with van der Waals surface area (Å²) in [6.45, 7) is 4.73. The standard InChI is InChI=1S/C10H17N3OS2/c1-7(2)8-12-9(16-13-8)11-5-10(14)3-4-15-6-10/h7,14H,3-6H2,1-2H3,(H,11,12,13). The summed E-state index contributed by atoms with van der Waals surface area (Å²) in [6, 6.07) is 0. The Labute approximate surface area is 104 Å². The van der Waals surface area contributed by atoms with Gasteiger partial charge in [-0.25, -0.2) is 4.98 Å². The van der Waals surface area contributed by atoms with Gasteiger partial charge in [0.1, 0.15) is 5.82 Å². The van der Waals surface area contributed by atoms with Crippen molar-refractivity contribution in [2.24, 2.45) is 0 Å². The number of thioether (sulfide) groups is 1. The van der Waals surface area contributed by atoms with E-state index in [4.69, 9.17) is 0 Å². The molecule has 0 radical (unpaired) electrons. The van der Waals surface area contributed by atoms with Crippen molar-refractivity contribution in [3.05, 3.63) is 5.82 Å². The Kier molecular flexibility index (Phi) is 3.71. The number of nitrogens with one attached hydrogen (secondary N) is 1. The van der Waals surface area contributed by atoms with Crippen LogP contribution in [-0.4, -0.2) is 38.1 Å². The molecule has 0 aliphatic carbocycles. The molecule has 0 aromatic carbocycles. The van der Waals surface area contributed by atoms with Crippen molar-refractivity contribution in [3.63, 3.8) is 0 Å². The maximum absolute atomic E-state index is 10.1. The third kappa shape index (κ3) is 2.87. The topological polar surface area (TPSA) is 58.0 Å². The summed E-state index contributed by atoms with van der Waals surface area (Å²) in [5, 5.41) is 14.1. The minimum absolute atomic E-state index is 0.358. The monoisotopic (exact) mass is 259 g/mol. The first kappa shape index (κ1) is 12.1. The molecule has 1 fully saturated rings. The molecule has 0 bridgehead atoms. The van der Waals surface area contributed by atoms with Crippen molar-refractivity contribution in [2.45, 2.75) is 31.8 Å². The zero-order chi connectivity index (χ0) is 11.6. The van der Waals surface area contributed by atoms with Gasteiger partial charge in [0.2, 0.25) is 5.13 Å². The van der Waals surface area contributed by atoms with E-state index in [1.54, 1.807) is 11.8 Å². The molecule has 4 nitrogen and oxygen atoms in total. The van der Waals surface area contributed by atoms with Gasteiger partial charge >= 0.3 is 0 Å². The fourth-order valence-corrected chi connectivity index (χ4v) is 3.51. The van der Waals surface area contributed by atoms with E-state index in [1.807, 2.05) is 0 Å². The lowest BCUT2D eigenvalue weighted by molar-refractivity contribution is 0.0820. The summed E-state index contributed by atoms with van der Waals surface area (Å²) in [4.78, 5) is 4.38. The lowest BCUT2D eigenvalue weighted by Gasteiger charge is -2.20. The van der Waals surface area contributed by atoms with Crippen molar-refractivity contribution in [2.75, 3.05) is 23.4 Å². The lowest BCUT2D eigenvalue weighted by atomic mass is 10.0. The summed E-state index contributed by atoms with van der Waals surface area (Å²) < 4.78 is 4.26. The smallest absolute Gasteiger partial charge is 0.202 e. The van der Waals surface area contributed by atoms with E-state index in [0.717, 1.165) is 28.9 Å². The van der Waals surface area contributed by atoms with Gasteiger partial charge in [0.25, 0.3) is 0 Å². The molecule has 0 amide bonds. The SMILES string of the molecule is CC(C)c1nsc(NCC2(O)CCSC2)n1. The first-order valence-corrected chi connectivity index (χ1v) is 7.39. The van der Waals surface area contributed by atoms with Gasteiger partial charge in [0, 0.05) is 29.7 Å². The Bertz CT molecular complexity index is 348. The molecule has 16 heavy (non-hydrogen) atoms. The predicted molar refractivity (Wildman–Crippen MR) is 69.4 cm³/mol. The summed E-state index contributed by atoms with van der Waals surface area (Å²) in [7, 11) is 0. The maximum atomic E-state index is 10.1. The van der Waals surface area contributed by atoms with Gasteiger partial charge in [-0.1, -0.05) is 13.8 Å². The molecule has 2 heterocycles. The van der Waals surface area contributed by atoms with E-state index in [2.05, 4.69) is 28.5 Å². The van der Waals surface area contributed by atoms with Gasteiger partial charge in [-0.05, 0) is 12.2 Å². The van der Waals surface area contributed by atoms with Crippen LogP contribution in [0.5, 0.6) is 0 Å². The molecule has 1 saturated heterocycles. The van der Waals surface area contributed by atoms with Gasteiger partial charge < -0.3 is 10.4 Å². The number of nitrogens with zero attached hydrogens (tertiary/aromatic N) is 2. The molecule has 2 rings (SSSR count). The quantitative estimate of drug-likeness (QED) is 0.865. The minimum Gasteiger partial charge on any atom is -0.387 e.